The first kappa shape index (κ1) is 22.3. The van der Waals surface area contributed by atoms with Gasteiger partial charge < -0.3 is 21.5 Å². The predicted molar refractivity (Wildman–Crippen MR) is 123 cm³/mol. The molecule has 1 aliphatic heterocycles. The highest BCUT2D eigenvalue weighted by Crippen LogP contribution is 2.32. The van der Waals surface area contributed by atoms with Crippen molar-refractivity contribution in [3.05, 3.63) is 70.8 Å². The third kappa shape index (κ3) is 5.03. The van der Waals surface area contributed by atoms with E-state index in [0.717, 1.165) is 0 Å². The van der Waals surface area contributed by atoms with Crippen molar-refractivity contribution < 1.29 is 9.13 Å². The van der Waals surface area contributed by atoms with Crippen molar-refractivity contribution in [1.82, 2.24) is 10.3 Å². The summed E-state index contributed by atoms with van der Waals surface area (Å²) >= 11 is 5.86. The number of hydrogen-bond donors (Lipinski definition) is 4. The molecule has 0 unspecified atom stereocenters. The number of nitrogens with zero attached hydrogens (tertiary/aromatic N) is 2. The summed E-state index contributed by atoms with van der Waals surface area (Å²) < 4.78 is 20.2. The lowest BCUT2D eigenvalue weighted by atomic mass is 9.98. The number of nitrogens with two attached hydrogens (primary N) is 2. The topological polar surface area (TPSA) is 122 Å². The molecule has 7 nitrogen and oxygen atoms in total. The van der Waals surface area contributed by atoms with Gasteiger partial charge in [0, 0.05) is 53.4 Å². The van der Waals surface area contributed by atoms with Crippen molar-refractivity contribution in [3.8, 4) is 5.75 Å². The lowest BCUT2D eigenvalue weighted by molar-refractivity contribution is 0.226. The molecule has 9 heteroatoms. The molecule has 1 aliphatic rings. The number of aromatic nitrogens is 1. The number of hydrogen-bond acceptors (Lipinski definition) is 7. The number of ether oxygens (including phenoxy) is 1. The number of pyridine rings is 1. The third-order valence-electron chi connectivity index (χ3n) is 4.76. The van der Waals surface area contributed by atoms with Crippen LogP contribution in [0.3, 0.4) is 0 Å². The Morgan fingerprint density at radius 1 is 1.45 bits per heavy atom. The van der Waals surface area contributed by atoms with Gasteiger partial charge in [0.2, 0.25) is 0 Å². The normalized spacial score (nSPS) is 20.4. The van der Waals surface area contributed by atoms with Gasteiger partial charge in [-0.05, 0) is 44.2 Å². The minimum absolute atomic E-state index is 0.183. The van der Waals surface area contributed by atoms with Crippen LogP contribution in [0.25, 0.3) is 5.70 Å². The molecular formula is C22H24ClFN6O. The standard InChI is InChI=1S/C22H24ClFN6O/c1-3-28-21-13-6-19(22(27)30-10-13)31-12(2)17-7-15(24)4-5-16(17)18(8-20(23)26)29-11-14(21)9-25/h4-10,12,26,29H,3,11,25H2,1-2H3,(H2,27,30)/b14-9?,18-8-,26-20?,28-21?/t12-/m1/s1. The number of halogens is 2. The molecular weight excluding hydrogens is 419 g/mol. The fourth-order valence-corrected chi connectivity index (χ4v) is 3.46. The summed E-state index contributed by atoms with van der Waals surface area (Å²) in [4.78, 5) is 8.83. The van der Waals surface area contributed by atoms with Crippen LogP contribution in [0.1, 0.15) is 36.6 Å². The van der Waals surface area contributed by atoms with E-state index in [4.69, 9.17) is 33.2 Å². The molecule has 0 spiro atoms. The van der Waals surface area contributed by atoms with Crippen LogP contribution < -0.4 is 21.5 Å². The number of nitrogen functional groups attached to an aromatic ring is 1. The third-order valence-corrected chi connectivity index (χ3v) is 4.87. The second-order valence-electron chi connectivity index (χ2n) is 6.87. The molecule has 0 radical (unpaired) electrons. The zero-order chi connectivity index (χ0) is 22.5. The first-order valence-corrected chi connectivity index (χ1v) is 10.1. The highest BCUT2D eigenvalue weighted by molar-refractivity contribution is 6.68. The molecule has 1 aromatic carbocycles. The van der Waals surface area contributed by atoms with Gasteiger partial charge in [0.15, 0.2) is 11.6 Å². The molecule has 6 N–H and O–H groups in total. The maximum atomic E-state index is 14.1. The first-order valence-electron chi connectivity index (χ1n) is 9.71. The minimum Gasteiger partial charge on any atom is -0.482 e. The lowest BCUT2D eigenvalue weighted by Gasteiger charge is -2.24. The van der Waals surface area contributed by atoms with E-state index in [1.165, 1.54) is 24.4 Å². The van der Waals surface area contributed by atoms with Gasteiger partial charge in [-0.1, -0.05) is 11.6 Å². The molecule has 2 aromatic rings. The molecule has 162 valence electrons. The second-order valence-corrected chi connectivity index (χ2v) is 7.28. The predicted octanol–water partition coefficient (Wildman–Crippen LogP) is 3.75. The molecule has 0 fully saturated rings. The second kappa shape index (κ2) is 9.61. The van der Waals surface area contributed by atoms with Crippen LogP contribution in [0, 0.1) is 11.2 Å². The summed E-state index contributed by atoms with van der Waals surface area (Å²) in [6.07, 6.45) is 3.95. The lowest BCUT2D eigenvalue weighted by Crippen LogP contribution is -2.24. The molecule has 31 heavy (non-hydrogen) atoms. The maximum absolute atomic E-state index is 14.1. The Hall–Kier alpha value is -3.39. The van der Waals surface area contributed by atoms with Crippen LogP contribution in [0.2, 0.25) is 0 Å². The number of anilines is 1. The molecule has 2 bridgehead atoms. The van der Waals surface area contributed by atoms with E-state index < -0.39 is 11.9 Å². The molecule has 3 rings (SSSR count). The SMILES string of the molecule is CCN=C1C(=CN)CN/C(=C\C(=N)Cl)c2ccc(F)cc2[C@@H](C)Oc2cc1cnc2N. The van der Waals surface area contributed by atoms with Crippen molar-refractivity contribution >= 4 is 34.0 Å². The summed E-state index contributed by atoms with van der Waals surface area (Å²) in [5.74, 6) is 0.141. The molecule has 0 aliphatic carbocycles. The summed E-state index contributed by atoms with van der Waals surface area (Å²) in [5, 5.41) is 10.8. The fourth-order valence-electron chi connectivity index (χ4n) is 3.35. The zero-order valence-corrected chi connectivity index (χ0v) is 18.0. The van der Waals surface area contributed by atoms with Gasteiger partial charge in [0.1, 0.15) is 17.1 Å². The van der Waals surface area contributed by atoms with E-state index in [1.807, 2.05) is 6.92 Å². The fraction of sp³-hybridized carbons (Fsp3) is 0.227. The van der Waals surface area contributed by atoms with E-state index in [2.05, 4.69) is 15.3 Å². The Kier molecular flexibility index (Phi) is 6.91. The summed E-state index contributed by atoms with van der Waals surface area (Å²) in [7, 11) is 0. The van der Waals surface area contributed by atoms with Gasteiger partial charge in [-0.2, -0.15) is 0 Å². The Balaban J connectivity index is 2.26. The molecule has 1 atom stereocenters. The summed E-state index contributed by atoms with van der Waals surface area (Å²) in [6.45, 7) is 4.52. The smallest absolute Gasteiger partial charge is 0.166 e. The number of rotatable bonds is 2. The van der Waals surface area contributed by atoms with Crippen LogP contribution in [-0.2, 0) is 0 Å². The number of nitrogens with one attached hydrogen (secondary N) is 2. The van der Waals surface area contributed by atoms with Crippen LogP contribution >= 0.6 is 11.6 Å². The van der Waals surface area contributed by atoms with Crippen LogP contribution in [0.15, 0.2) is 53.3 Å². The van der Waals surface area contributed by atoms with Gasteiger partial charge in [-0.15, -0.1) is 0 Å². The summed E-state index contributed by atoms with van der Waals surface area (Å²) in [5.41, 5.74) is 15.7. The number of fused-ring (bicyclic) bond motifs is 3. The average Bonchev–Trinajstić information content (AvgIpc) is 2.73. The van der Waals surface area contributed by atoms with Crippen LogP contribution in [0.5, 0.6) is 5.75 Å². The number of allylic oxidation sites excluding steroid dienone is 1. The van der Waals surface area contributed by atoms with Crippen molar-refractivity contribution in [2.75, 3.05) is 18.8 Å². The van der Waals surface area contributed by atoms with Gasteiger partial charge >= 0.3 is 0 Å². The highest BCUT2D eigenvalue weighted by Gasteiger charge is 2.21. The maximum Gasteiger partial charge on any atom is 0.166 e. The van der Waals surface area contributed by atoms with Crippen LogP contribution in [-0.4, -0.2) is 29.0 Å². The Morgan fingerprint density at radius 3 is 2.90 bits per heavy atom. The molecule has 0 amide bonds. The van der Waals surface area contributed by atoms with Gasteiger partial charge in [0.25, 0.3) is 0 Å². The number of aliphatic imine (C=N–C) groups is 1. The van der Waals surface area contributed by atoms with Crippen LogP contribution in [0.4, 0.5) is 10.2 Å². The Morgan fingerprint density at radius 2 is 2.23 bits per heavy atom. The largest absolute Gasteiger partial charge is 0.482 e. The Labute approximate surface area is 185 Å². The highest BCUT2D eigenvalue weighted by atomic mass is 35.5. The molecule has 0 saturated carbocycles. The van der Waals surface area contributed by atoms with Crippen molar-refractivity contribution in [1.29, 1.82) is 5.41 Å². The summed E-state index contributed by atoms with van der Waals surface area (Å²) in [6, 6.07) is 6.09. The van der Waals surface area contributed by atoms with E-state index in [0.29, 0.717) is 46.0 Å². The quantitative estimate of drug-likeness (QED) is 0.527. The minimum atomic E-state index is -0.574. The van der Waals surface area contributed by atoms with Gasteiger partial charge in [-0.3, -0.25) is 10.4 Å². The Bertz CT molecular complexity index is 1100. The van der Waals surface area contributed by atoms with Crippen molar-refractivity contribution in [2.45, 2.75) is 20.0 Å². The van der Waals surface area contributed by atoms with Gasteiger partial charge in [-0.25, -0.2) is 9.37 Å². The molecule has 1 aromatic heterocycles. The molecule has 2 heterocycles. The monoisotopic (exact) mass is 442 g/mol. The van der Waals surface area contributed by atoms with E-state index in [1.54, 1.807) is 25.3 Å². The molecule has 0 saturated heterocycles. The van der Waals surface area contributed by atoms with Crippen molar-refractivity contribution in [3.63, 3.8) is 0 Å². The number of benzene rings is 1. The first-order chi connectivity index (χ1) is 14.8. The van der Waals surface area contributed by atoms with Gasteiger partial charge in [0.05, 0.1) is 5.71 Å². The average molecular weight is 443 g/mol. The van der Waals surface area contributed by atoms with E-state index in [9.17, 15) is 4.39 Å². The van der Waals surface area contributed by atoms with Crippen molar-refractivity contribution in [2.24, 2.45) is 10.7 Å². The van der Waals surface area contributed by atoms with E-state index >= 15 is 0 Å². The zero-order valence-electron chi connectivity index (χ0n) is 17.2. The van der Waals surface area contributed by atoms with E-state index in [-0.39, 0.29) is 17.5 Å².